The van der Waals surface area contributed by atoms with Gasteiger partial charge in [-0.15, -0.1) is 11.3 Å². The van der Waals surface area contributed by atoms with Crippen molar-refractivity contribution in [2.45, 2.75) is 26.4 Å². The first-order valence-electron chi connectivity index (χ1n) is 6.15. The largest absolute Gasteiger partial charge is 0.456 e. The van der Waals surface area contributed by atoms with Crippen LogP contribution in [0.15, 0.2) is 34.8 Å². The zero-order valence-corrected chi connectivity index (χ0v) is 14.0. The molecule has 0 atom stereocenters. The van der Waals surface area contributed by atoms with Crippen LogP contribution < -0.4 is 5.73 Å². The number of nitrogens with two attached hydrogens (primary N) is 1. The van der Waals surface area contributed by atoms with Crippen molar-refractivity contribution < 1.29 is 9.53 Å². The second kappa shape index (κ2) is 5.58. The highest BCUT2D eigenvalue weighted by Crippen LogP contribution is 2.35. The van der Waals surface area contributed by atoms with Gasteiger partial charge in [0.15, 0.2) is 0 Å². The van der Waals surface area contributed by atoms with Crippen LogP contribution in [0.3, 0.4) is 0 Å². The Labute approximate surface area is 130 Å². The Balaban J connectivity index is 2.33. The molecule has 0 aliphatic heterocycles. The van der Waals surface area contributed by atoms with Crippen LogP contribution in [0.1, 0.15) is 30.4 Å². The number of anilines is 1. The highest BCUT2D eigenvalue weighted by molar-refractivity contribution is 9.10. The van der Waals surface area contributed by atoms with Gasteiger partial charge < -0.3 is 10.5 Å². The molecule has 2 N–H and O–H groups in total. The fourth-order valence-electron chi connectivity index (χ4n) is 1.67. The number of hydrogen-bond donors (Lipinski definition) is 1. The molecule has 0 bridgehead atoms. The fraction of sp³-hybridized carbons (Fsp3) is 0.267. The lowest BCUT2D eigenvalue weighted by atomic mass is 10.2. The Kier molecular flexibility index (Phi) is 4.20. The van der Waals surface area contributed by atoms with E-state index < -0.39 is 5.60 Å². The number of hydrogen-bond acceptors (Lipinski definition) is 4. The minimum atomic E-state index is -0.524. The number of thiophene rings is 1. The van der Waals surface area contributed by atoms with E-state index in [9.17, 15) is 4.79 Å². The number of carbonyl (C=O) groups is 1. The van der Waals surface area contributed by atoms with E-state index in [1.54, 1.807) is 0 Å². The van der Waals surface area contributed by atoms with Gasteiger partial charge in [-0.05, 0) is 44.5 Å². The molecule has 0 aliphatic rings. The second-order valence-corrected chi connectivity index (χ2v) is 7.38. The molecule has 2 aromatic rings. The zero-order chi connectivity index (χ0) is 14.9. The highest BCUT2D eigenvalue weighted by Gasteiger charge is 2.22. The van der Waals surface area contributed by atoms with E-state index >= 15 is 0 Å². The Morgan fingerprint density at radius 2 is 2.00 bits per heavy atom. The predicted octanol–water partition coefficient (Wildman–Crippen LogP) is 4.72. The number of rotatable bonds is 2. The normalized spacial score (nSPS) is 11.4. The summed E-state index contributed by atoms with van der Waals surface area (Å²) in [6.45, 7) is 5.51. The van der Waals surface area contributed by atoms with Gasteiger partial charge in [-0.25, -0.2) is 4.79 Å². The van der Waals surface area contributed by atoms with Gasteiger partial charge in [0, 0.05) is 9.35 Å². The molecular formula is C15H16BrNO2S. The number of ether oxygens (including phenoxy) is 1. The molecule has 0 aliphatic carbocycles. The molecule has 106 valence electrons. The Bertz CT molecular complexity index is 644. The minimum Gasteiger partial charge on any atom is -0.456 e. The molecule has 0 saturated heterocycles. The lowest BCUT2D eigenvalue weighted by Gasteiger charge is -2.18. The molecule has 0 spiro atoms. The third-order valence-electron chi connectivity index (χ3n) is 2.45. The van der Waals surface area contributed by atoms with Crippen LogP contribution in [0.4, 0.5) is 5.69 Å². The number of benzene rings is 1. The van der Waals surface area contributed by atoms with E-state index in [1.165, 1.54) is 11.3 Å². The Hall–Kier alpha value is -1.33. The van der Waals surface area contributed by atoms with Gasteiger partial charge in [-0.3, -0.25) is 0 Å². The summed E-state index contributed by atoms with van der Waals surface area (Å²) < 4.78 is 6.35. The van der Waals surface area contributed by atoms with Gasteiger partial charge in [-0.2, -0.15) is 0 Å². The van der Waals surface area contributed by atoms with E-state index in [0.717, 1.165) is 14.9 Å². The first kappa shape index (κ1) is 15.1. The number of esters is 1. The van der Waals surface area contributed by atoms with Crippen LogP contribution in [0, 0.1) is 0 Å². The van der Waals surface area contributed by atoms with Crippen molar-refractivity contribution in [1.82, 2.24) is 0 Å². The van der Waals surface area contributed by atoms with Gasteiger partial charge in [0.2, 0.25) is 0 Å². The van der Waals surface area contributed by atoms with E-state index in [1.807, 2.05) is 51.1 Å². The number of halogens is 1. The number of nitrogen functional groups attached to an aromatic ring is 1. The van der Waals surface area contributed by atoms with Crippen LogP contribution in [0.5, 0.6) is 0 Å². The van der Waals surface area contributed by atoms with Gasteiger partial charge in [0.1, 0.15) is 10.5 Å². The summed E-state index contributed by atoms with van der Waals surface area (Å²) in [4.78, 5) is 13.5. The topological polar surface area (TPSA) is 52.3 Å². The van der Waals surface area contributed by atoms with Gasteiger partial charge >= 0.3 is 5.97 Å². The maximum absolute atomic E-state index is 12.1. The lowest BCUT2D eigenvalue weighted by molar-refractivity contribution is 0.00764. The highest BCUT2D eigenvalue weighted by atomic mass is 79.9. The summed E-state index contributed by atoms with van der Waals surface area (Å²) in [6, 6.07) is 9.68. The lowest BCUT2D eigenvalue weighted by Crippen LogP contribution is -2.23. The molecule has 0 saturated carbocycles. The van der Waals surface area contributed by atoms with E-state index in [-0.39, 0.29) is 5.97 Å². The van der Waals surface area contributed by atoms with Crippen molar-refractivity contribution in [1.29, 1.82) is 0 Å². The molecule has 5 heteroatoms. The van der Waals surface area contributed by atoms with Crippen molar-refractivity contribution in [3.63, 3.8) is 0 Å². The molecule has 0 unspecified atom stereocenters. The second-order valence-electron chi connectivity index (χ2n) is 5.41. The fourth-order valence-corrected chi connectivity index (χ4v) is 3.02. The Morgan fingerprint density at radius 3 is 2.60 bits per heavy atom. The molecule has 2 rings (SSSR count). The summed E-state index contributed by atoms with van der Waals surface area (Å²) in [5, 5.41) is 0. The molecule has 20 heavy (non-hydrogen) atoms. The first-order chi connectivity index (χ1) is 9.26. The van der Waals surface area contributed by atoms with Crippen molar-refractivity contribution in [2.24, 2.45) is 0 Å². The summed E-state index contributed by atoms with van der Waals surface area (Å²) in [5.41, 5.74) is 6.89. The first-order valence-corrected chi connectivity index (χ1v) is 7.76. The van der Waals surface area contributed by atoms with Gasteiger partial charge in [-0.1, -0.05) is 28.1 Å². The molecular weight excluding hydrogens is 338 g/mol. The van der Waals surface area contributed by atoms with E-state index in [4.69, 9.17) is 10.5 Å². The quantitative estimate of drug-likeness (QED) is 0.795. The summed E-state index contributed by atoms with van der Waals surface area (Å²) in [5.74, 6) is -0.374. The molecule has 1 heterocycles. The third-order valence-corrected chi connectivity index (χ3v) is 4.13. The van der Waals surface area contributed by atoms with Crippen LogP contribution in [0.2, 0.25) is 0 Å². The monoisotopic (exact) mass is 353 g/mol. The van der Waals surface area contributed by atoms with Crippen LogP contribution in [-0.2, 0) is 4.74 Å². The van der Waals surface area contributed by atoms with Gasteiger partial charge in [0.05, 0.1) is 5.69 Å². The third kappa shape index (κ3) is 3.61. The van der Waals surface area contributed by atoms with Crippen LogP contribution in [-0.4, -0.2) is 11.6 Å². The summed E-state index contributed by atoms with van der Waals surface area (Å²) in [6.07, 6.45) is 0. The molecule has 0 amide bonds. The van der Waals surface area contributed by atoms with E-state index in [2.05, 4.69) is 15.9 Å². The van der Waals surface area contributed by atoms with Crippen molar-refractivity contribution in [2.75, 3.05) is 5.73 Å². The van der Waals surface area contributed by atoms with Crippen LogP contribution >= 0.6 is 27.3 Å². The molecule has 0 radical (unpaired) electrons. The van der Waals surface area contributed by atoms with Crippen molar-refractivity contribution in [3.05, 3.63) is 39.7 Å². The SMILES string of the molecule is CC(C)(C)OC(=O)c1sc(-c2cccc(Br)c2)cc1N. The molecule has 3 nitrogen and oxygen atoms in total. The van der Waals surface area contributed by atoms with E-state index in [0.29, 0.717) is 10.6 Å². The summed E-state index contributed by atoms with van der Waals surface area (Å²) >= 11 is 4.78. The molecule has 0 fully saturated rings. The van der Waals surface area contributed by atoms with Crippen molar-refractivity contribution >= 4 is 38.9 Å². The zero-order valence-electron chi connectivity index (χ0n) is 11.6. The molecule has 1 aromatic carbocycles. The molecule has 1 aromatic heterocycles. The average Bonchev–Trinajstić information content (AvgIpc) is 2.69. The van der Waals surface area contributed by atoms with Gasteiger partial charge in [0.25, 0.3) is 0 Å². The maximum atomic E-state index is 12.1. The average molecular weight is 354 g/mol. The standard InChI is InChI=1S/C15H16BrNO2S/c1-15(2,3)19-14(18)13-11(17)8-12(20-13)9-5-4-6-10(16)7-9/h4-8H,17H2,1-3H3. The smallest absolute Gasteiger partial charge is 0.350 e. The minimum absolute atomic E-state index is 0.374. The summed E-state index contributed by atoms with van der Waals surface area (Å²) in [7, 11) is 0. The van der Waals surface area contributed by atoms with Crippen molar-refractivity contribution in [3.8, 4) is 10.4 Å². The van der Waals surface area contributed by atoms with Crippen LogP contribution in [0.25, 0.3) is 10.4 Å². The maximum Gasteiger partial charge on any atom is 0.350 e. The Morgan fingerprint density at radius 1 is 1.30 bits per heavy atom. The predicted molar refractivity (Wildman–Crippen MR) is 87.0 cm³/mol. The number of carbonyl (C=O) groups excluding carboxylic acids is 1.